The van der Waals surface area contributed by atoms with Gasteiger partial charge >= 0.3 is 0 Å². The van der Waals surface area contributed by atoms with Gasteiger partial charge in [-0.3, -0.25) is 4.79 Å². The second-order valence-electron chi connectivity index (χ2n) is 5.78. The highest BCUT2D eigenvalue weighted by atomic mass is 35.5. The molecule has 2 aromatic carbocycles. The minimum atomic E-state index is -0.844. The lowest BCUT2D eigenvalue weighted by atomic mass is 9.90. The summed E-state index contributed by atoms with van der Waals surface area (Å²) in [4.78, 5) is 14.4. The van der Waals surface area contributed by atoms with E-state index in [2.05, 4.69) is 5.32 Å². The Hall–Kier alpha value is -1.53. The Kier molecular flexibility index (Phi) is 5.46. The van der Waals surface area contributed by atoms with E-state index in [9.17, 15) is 4.79 Å². The lowest BCUT2D eigenvalue weighted by Crippen LogP contribution is -2.54. The number of nitrogens with two attached hydrogens (primary N) is 1. The fraction of sp³-hybridized carbons (Fsp3) is 0.278. The zero-order valence-electron chi connectivity index (χ0n) is 13.1. The van der Waals surface area contributed by atoms with Crippen molar-refractivity contribution in [2.75, 3.05) is 18.5 Å². The molecule has 0 aliphatic carbocycles. The molecule has 0 radical (unpaired) electrons. The monoisotopic (exact) mass is 362 g/mol. The first-order valence-electron chi connectivity index (χ1n) is 7.77. The number of amides is 1. The Labute approximate surface area is 150 Å². The van der Waals surface area contributed by atoms with Crippen LogP contribution in [0.25, 0.3) is 0 Å². The summed E-state index contributed by atoms with van der Waals surface area (Å²) in [6, 6.07) is 15.4. The van der Waals surface area contributed by atoms with E-state index < -0.39 is 5.54 Å². The Balaban J connectivity index is 1.64. The molecule has 0 saturated carbocycles. The van der Waals surface area contributed by atoms with Crippen molar-refractivity contribution in [3.63, 3.8) is 0 Å². The molecular weight excluding hydrogens is 344 g/mol. The smallest absolute Gasteiger partial charge is 0.244 e. The molecule has 0 spiro atoms. The van der Waals surface area contributed by atoms with Gasteiger partial charge in [-0.15, -0.1) is 0 Å². The fourth-order valence-electron chi connectivity index (χ4n) is 2.48. The van der Waals surface area contributed by atoms with E-state index >= 15 is 0 Å². The maximum absolute atomic E-state index is 12.4. The van der Waals surface area contributed by atoms with Crippen LogP contribution in [0.3, 0.4) is 0 Å². The SMILES string of the molecule is NC1(C(=O)Nc2ccc(Sc3ccccc3Cl)cc2)CCOCC1. The number of nitrogens with one attached hydrogen (secondary N) is 1. The van der Waals surface area contributed by atoms with Crippen LogP contribution in [0.4, 0.5) is 5.69 Å². The number of rotatable bonds is 4. The van der Waals surface area contributed by atoms with Crippen molar-refractivity contribution in [3.8, 4) is 0 Å². The van der Waals surface area contributed by atoms with Gasteiger partial charge in [-0.05, 0) is 49.2 Å². The summed E-state index contributed by atoms with van der Waals surface area (Å²) in [6.45, 7) is 1.05. The Morgan fingerprint density at radius 2 is 1.79 bits per heavy atom. The van der Waals surface area contributed by atoms with Crippen molar-refractivity contribution in [1.82, 2.24) is 0 Å². The molecule has 0 bridgehead atoms. The second-order valence-corrected chi connectivity index (χ2v) is 7.30. The molecule has 0 unspecified atom stereocenters. The van der Waals surface area contributed by atoms with Gasteiger partial charge in [-0.1, -0.05) is 35.5 Å². The molecular formula is C18H19ClN2O2S. The standard InChI is InChI=1S/C18H19ClN2O2S/c19-15-3-1-2-4-16(15)24-14-7-5-13(6-8-14)21-17(22)18(20)9-11-23-12-10-18/h1-8H,9-12,20H2,(H,21,22). The van der Waals surface area contributed by atoms with E-state index in [0.717, 1.165) is 20.5 Å². The van der Waals surface area contributed by atoms with Crippen molar-refractivity contribution >= 4 is 35.0 Å². The third-order valence-electron chi connectivity index (χ3n) is 4.01. The number of ether oxygens (including phenoxy) is 1. The van der Waals surface area contributed by atoms with Gasteiger partial charge in [0.05, 0.1) is 5.02 Å². The largest absolute Gasteiger partial charge is 0.381 e. The first-order valence-corrected chi connectivity index (χ1v) is 8.97. The molecule has 1 fully saturated rings. The molecule has 24 heavy (non-hydrogen) atoms. The summed E-state index contributed by atoms with van der Waals surface area (Å²) in [7, 11) is 0. The molecule has 1 amide bonds. The van der Waals surface area contributed by atoms with Crippen molar-refractivity contribution < 1.29 is 9.53 Å². The molecule has 3 N–H and O–H groups in total. The van der Waals surface area contributed by atoms with Crippen LogP contribution in [0.15, 0.2) is 58.3 Å². The zero-order valence-corrected chi connectivity index (χ0v) is 14.7. The van der Waals surface area contributed by atoms with Crippen LogP contribution >= 0.6 is 23.4 Å². The molecule has 1 aliphatic rings. The van der Waals surface area contributed by atoms with Crippen molar-refractivity contribution in [1.29, 1.82) is 0 Å². The third-order valence-corrected chi connectivity index (χ3v) is 5.54. The molecule has 126 valence electrons. The van der Waals surface area contributed by atoms with E-state index in [-0.39, 0.29) is 5.91 Å². The van der Waals surface area contributed by atoms with Gasteiger partial charge < -0.3 is 15.8 Å². The van der Waals surface area contributed by atoms with Crippen LogP contribution < -0.4 is 11.1 Å². The van der Waals surface area contributed by atoms with Crippen LogP contribution in [0.5, 0.6) is 0 Å². The minimum absolute atomic E-state index is 0.155. The maximum atomic E-state index is 12.4. The van der Waals surface area contributed by atoms with E-state index in [1.54, 1.807) is 11.8 Å². The molecule has 2 aromatic rings. The summed E-state index contributed by atoms with van der Waals surface area (Å²) < 4.78 is 5.27. The number of benzene rings is 2. The fourth-order valence-corrected chi connectivity index (χ4v) is 3.57. The maximum Gasteiger partial charge on any atom is 0.244 e. The number of anilines is 1. The quantitative estimate of drug-likeness (QED) is 0.864. The van der Waals surface area contributed by atoms with Gasteiger partial charge in [0.1, 0.15) is 5.54 Å². The molecule has 6 heteroatoms. The summed E-state index contributed by atoms with van der Waals surface area (Å²) in [5, 5.41) is 3.63. The van der Waals surface area contributed by atoms with E-state index in [1.165, 1.54) is 0 Å². The lowest BCUT2D eigenvalue weighted by molar-refractivity contribution is -0.124. The lowest BCUT2D eigenvalue weighted by Gasteiger charge is -2.31. The Morgan fingerprint density at radius 1 is 1.12 bits per heavy atom. The third kappa shape index (κ3) is 4.11. The van der Waals surface area contributed by atoms with Gasteiger partial charge in [0, 0.05) is 28.7 Å². The van der Waals surface area contributed by atoms with Crippen LogP contribution in [-0.4, -0.2) is 24.7 Å². The van der Waals surface area contributed by atoms with Crippen molar-refractivity contribution in [3.05, 3.63) is 53.6 Å². The van der Waals surface area contributed by atoms with Gasteiger partial charge in [0.15, 0.2) is 0 Å². The van der Waals surface area contributed by atoms with Gasteiger partial charge in [-0.25, -0.2) is 0 Å². The molecule has 4 nitrogen and oxygen atoms in total. The molecule has 3 rings (SSSR count). The minimum Gasteiger partial charge on any atom is -0.381 e. The number of halogens is 1. The number of carbonyl (C=O) groups is 1. The molecule has 1 saturated heterocycles. The second kappa shape index (κ2) is 7.57. The summed E-state index contributed by atoms with van der Waals surface area (Å²) in [6.07, 6.45) is 1.08. The van der Waals surface area contributed by atoms with Gasteiger partial charge in [-0.2, -0.15) is 0 Å². The number of carbonyl (C=O) groups excluding carboxylic acids is 1. The molecule has 1 heterocycles. The Morgan fingerprint density at radius 3 is 2.46 bits per heavy atom. The zero-order chi connectivity index (χ0) is 17.0. The molecule has 1 aliphatic heterocycles. The predicted molar refractivity (Wildman–Crippen MR) is 97.6 cm³/mol. The van der Waals surface area contributed by atoms with Gasteiger partial charge in [0.25, 0.3) is 0 Å². The average Bonchev–Trinajstić information content (AvgIpc) is 2.59. The van der Waals surface area contributed by atoms with Crippen LogP contribution in [0.2, 0.25) is 5.02 Å². The normalized spacial score (nSPS) is 16.6. The van der Waals surface area contributed by atoms with E-state index in [1.807, 2.05) is 48.5 Å². The highest BCUT2D eigenvalue weighted by Crippen LogP contribution is 2.33. The Bertz CT molecular complexity index is 715. The van der Waals surface area contributed by atoms with Gasteiger partial charge in [0.2, 0.25) is 5.91 Å². The van der Waals surface area contributed by atoms with Crippen LogP contribution in [0.1, 0.15) is 12.8 Å². The van der Waals surface area contributed by atoms with Crippen LogP contribution in [0, 0.1) is 0 Å². The molecule has 0 atom stereocenters. The summed E-state index contributed by atoms with van der Waals surface area (Å²) >= 11 is 7.76. The first-order chi connectivity index (χ1) is 11.6. The summed E-state index contributed by atoms with van der Waals surface area (Å²) in [5.41, 5.74) is 6.08. The molecule has 0 aromatic heterocycles. The number of hydrogen-bond donors (Lipinski definition) is 2. The van der Waals surface area contributed by atoms with E-state index in [4.69, 9.17) is 22.1 Å². The first kappa shape index (κ1) is 17.3. The number of hydrogen-bond acceptors (Lipinski definition) is 4. The topological polar surface area (TPSA) is 64.4 Å². The van der Waals surface area contributed by atoms with Crippen LogP contribution in [-0.2, 0) is 9.53 Å². The summed E-state index contributed by atoms with van der Waals surface area (Å²) in [5.74, 6) is -0.155. The highest BCUT2D eigenvalue weighted by Gasteiger charge is 2.35. The van der Waals surface area contributed by atoms with Crippen molar-refractivity contribution in [2.24, 2.45) is 5.73 Å². The predicted octanol–water partition coefficient (Wildman–Crippen LogP) is 3.94. The van der Waals surface area contributed by atoms with Crippen molar-refractivity contribution in [2.45, 2.75) is 28.2 Å². The average molecular weight is 363 g/mol. The van der Waals surface area contributed by atoms with E-state index in [0.29, 0.717) is 26.1 Å². The highest BCUT2D eigenvalue weighted by molar-refractivity contribution is 7.99.